The number of nitrogens with zero attached hydrogens (tertiary/aromatic N) is 2. The molecule has 0 unspecified atom stereocenters. The first kappa shape index (κ1) is 28.4. The van der Waals surface area contributed by atoms with Gasteiger partial charge in [-0.05, 0) is 63.5 Å². The first-order valence-electron chi connectivity index (χ1n) is 13.5. The highest BCUT2D eigenvalue weighted by Gasteiger charge is 2.40. The standard InChI is InChI=1S/C29H37N5O5/c1-3-29(38,28(37)32-14-8-13-31-12-7-6-11-30)23-16-25-26-21(15-20-9-4-5-10-24(20)33-26)17-34(25)27(36)22(23)18-39-19(2)35/h4-5,9-10,15-16,31,38H,3,6-8,11-14,17-18,30H2,1-2H3,(H,32,37)/t29-/m0/s1. The lowest BCUT2D eigenvalue weighted by Crippen LogP contribution is -2.46. The molecule has 39 heavy (non-hydrogen) atoms. The molecule has 0 saturated carbocycles. The zero-order valence-corrected chi connectivity index (χ0v) is 22.6. The quantitative estimate of drug-likeness (QED) is 0.150. The number of esters is 1. The van der Waals surface area contributed by atoms with E-state index in [1.807, 2.05) is 30.3 Å². The van der Waals surface area contributed by atoms with Crippen molar-refractivity contribution in [2.45, 2.75) is 58.3 Å². The molecule has 2 aromatic heterocycles. The van der Waals surface area contributed by atoms with Crippen molar-refractivity contribution in [2.75, 3.05) is 26.2 Å². The van der Waals surface area contributed by atoms with Gasteiger partial charge in [0.2, 0.25) is 0 Å². The van der Waals surface area contributed by atoms with Crippen LogP contribution >= 0.6 is 0 Å². The molecular weight excluding hydrogens is 498 g/mol. The Morgan fingerprint density at radius 3 is 2.67 bits per heavy atom. The Morgan fingerprint density at radius 2 is 1.92 bits per heavy atom. The van der Waals surface area contributed by atoms with Gasteiger partial charge in [0.25, 0.3) is 11.5 Å². The number of carbonyl (C=O) groups is 2. The summed E-state index contributed by atoms with van der Waals surface area (Å²) in [6.07, 6.45) is 2.64. The number of aromatic nitrogens is 2. The van der Waals surface area contributed by atoms with Crippen molar-refractivity contribution in [3.8, 4) is 11.4 Å². The molecule has 0 aliphatic carbocycles. The van der Waals surface area contributed by atoms with Gasteiger partial charge in [-0.2, -0.15) is 0 Å². The van der Waals surface area contributed by atoms with E-state index in [1.165, 1.54) is 6.92 Å². The third kappa shape index (κ3) is 6.03. The van der Waals surface area contributed by atoms with Crippen molar-refractivity contribution in [1.82, 2.24) is 20.2 Å². The van der Waals surface area contributed by atoms with Gasteiger partial charge in [-0.3, -0.25) is 14.4 Å². The highest BCUT2D eigenvalue weighted by Crippen LogP contribution is 2.36. The van der Waals surface area contributed by atoms with Crippen LogP contribution in [0, 0.1) is 0 Å². The summed E-state index contributed by atoms with van der Waals surface area (Å²) in [5.41, 5.74) is 6.08. The second-order valence-electron chi connectivity index (χ2n) is 9.85. The van der Waals surface area contributed by atoms with E-state index in [-0.39, 0.29) is 24.2 Å². The largest absolute Gasteiger partial charge is 0.461 e. The first-order chi connectivity index (χ1) is 18.8. The highest BCUT2D eigenvalue weighted by molar-refractivity contribution is 5.88. The lowest BCUT2D eigenvalue weighted by Gasteiger charge is -2.29. The van der Waals surface area contributed by atoms with E-state index in [0.717, 1.165) is 35.9 Å². The fraction of sp³-hybridized carbons (Fsp3) is 0.448. The zero-order valence-electron chi connectivity index (χ0n) is 22.6. The Morgan fingerprint density at radius 1 is 1.15 bits per heavy atom. The Hall–Kier alpha value is -3.60. The van der Waals surface area contributed by atoms with Crippen LogP contribution < -0.4 is 21.9 Å². The molecule has 1 atom stereocenters. The lowest BCUT2D eigenvalue weighted by atomic mass is 9.86. The molecule has 1 amide bonds. The molecule has 0 fully saturated rings. The van der Waals surface area contributed by atoms with Crippen LogP contribution in [0.5, 0.6) is 0 Å². The summed E-state index contributed by atoms with van der Waals surface area (Å²) in [7, 11) is 0. The van der Waals surface area contributed by atoms with Crippen molar-refractivity contribution < 1.29 is 19.4 Å². The maximum absolute atomic E-state index is 13.7. The first-order valence-corrected chi connectivity index (χ1v) is 13.5. The number of rotatable bonds is 13. The number of fused-ring (bicyclic) bond motifs is 4. The third-order valence-corrected chi connectivity index (χ3v) is 7.15. The number of unbranched alkanes of at least 4 members (excludes halogenated alkanes) is 1. The summed E-state index contributed by atoms with van der Waals surface area (Å²) in [5, 5.41) is 18.8. The van der Waals surface area contributed by atoms with Gasteiger partial charge in [-0.25, -0.2) is 4.98 Å². The van der Waals surface area contributed by atoms with E-state index in [1.54, 1.807) is 17.6 Å². The number of nitrogens with two attached hydrogens (primary N) is 1. The fourth-order valence-corrected chi connectivity index (χ4v) is 4.95. The smallest absolute Gasteiger partial charge is 0.302 e. The molecule has 0 spiro atoms. The van der Waals surface area contributed by atoms with Gasteiger partial charge in [0.15, 0.2) is 5.60 Å². The Labute approximate surface area is 227 Å². The maximum atomic E-state index is 13.7. The average molecular weight is 536 g/mol. The SMILES string of the molecule is CC[C@@](O)(C(=O)NCCCNCCCCN)c1cc2n(c(=O)c1COC(C)=O)Cc1cc3ccccc3nc1-2. The molecule has 4 rings (SSSR count). The minimum Gasteiger partial charge on any atom is -0.461 e. The number of aliphatic hydroxyl groups is 1. The van der Waals surface area contributed by atoms with Gasteiger partial charge < -0.3 is 30.8 Å². The molecule has 0 bridgehead atoms. The third-order valence-electron chi connectivity index (χ3n) is 7.15. The van der Waals surface area contributed by atoms with Crippen LogP contribution in [-0.4, -0.2) is 52.7 Å². The van der Waals surface area contributed by atoms with Gasteiger partial charge in [0.1, 0.15) is 6.61 Å². The summed E-state index contributed by atoms with van der Waals surface area (Å²) in [5.74, 6) is -1.17. The Balaban J connectivity index is 1.65. The predicted molar refractivity (Wildman–Crippen MR) is 149 cm³/mol. The molecular formula is C29H37N5O5. The molecule has 3 aromatic rings. The number of ether oxygens (including phenoxy) is 1. The summed E-state index contributed by atoms with van der Waals surface area (Å²) < 4.78 is 6.75. The van der Waals surface area contributed by atoms with Crippen LogP contribution in [0.2, 0.25) is 0 Å². The van der Waals surface area contributed by atoms with E-state index in [4.69, 9.17) is 15.5 Å². The van der Waals surface area contributed by atoms with E-state index in [0.29, 0.717) is 44.0 Å². The predicted octanol–water partition coefficient (Wildman–Crippen LogP) is 1.92. The number of benzene rings is 1. The van der Waals surface area contributed by atoms with Crippen LogP contribution in [0.3, 0.4) is 0 Å². The molecule has 1 aliphatic heterocycles. The number of amides is 1. The molecule has 10 heteroatoms. The van der Waals surface area contributed by atoms with Crippen molar-refractivity contribution in [3.05, 3.63) is 63.4 Å². The van der Waals surface area contributed by atoms with Crippen LogP contribution in [0.4, 0.5) is 0 Å². The van der Waals surface area contributed by atoms with Gasteiger partial charge in [-0.15, -0.1) is 0 Å². The highest BCUT2D eigenvalue weighted by atomic mass is 16.5. The summed E-state index contributed by atoms with van der Waals surface area (Å²) in [6, 6.07) is 11.3. The molecule has 1 aliphatic rings. The lowest BCUT2D eigenvalue weighted by molar-refractivity contribution is -0.142. The number of para-hydroxylation sites is 1. The Bertz CT molecular complexity index is 1420. The van der Waals surface area contributed by atoms with Gasteiger partial charge >= 0.3 is 5.97 Å². The van der Waals surface area contributed by atoms with Crippen molar-refractivity contribution in [3.63, 3.8) is 0 Å². The van der Waals surface area contributed by atoms with Gasteiger partial charge in [0.05, 0.1) is 29.0 Å². The topological polar surface area (TPSA) is 149 Å². The normalized spacial score (nSPS) is 13.5. The van der Waals surface area contributed by atoms with Crippen LogP contribution in [0.1, 0.15) is 56.2 Å². The minimum atomic E-state index is -2.00. The van der Waals surface area contributed by atoms with E-state index < -0.39 is 23.0 Å². The molecule has 3 heterocycles. The maximum Gasteiger partial charge on any atom is 0.302 e. The zero-order chi connectivity index (χ0) is 28.0. The number of nitrogens with one attached hydrogen (secondary N) is 2. The summed E-state index contributed by atoms with van der Waals surface area (Å²) in [6.45, 7) is 5.46. The number of pyridine rings is 2. The number of hydrogen-bond donors (Lipinski definition) is 4. The second kappa shape index (κ2) is 12.5. The average Bonchev–Trinajstić information content (AvgIpc) is 3.29. The Kier molecular flexibility index (Phi) is 9.11. The monoisotopic (exact) mass is 535 g/mol. The van der Waals surface area contributed by atoms with Crippen LogP contribution in [0.15, 0.2) is 41.2 Å². The molecule has 0 radical (unpaired) electrons. The summed E-state index contributed by atoms with van der Waals surface area (Å²) >= 11 is 0. The van der Waals surface area contributed by atoms with E-state index in [9.17, 15) is 19.5 Å². The molecule has 0 saturated heterocycles. The van der Waals surface area contributed by atoms with E-state index in [2.05, 4.69) is 10.6 Å². The summed E-state index contributed by atoms with van der Waals surface area (Å²) in [4.78, 5) is 43.5. The van der Waals surface area contributed by atoms with E-state index >= 15 is 0 Å². The van der Waals surface area contributed by atoms with Crippen molar-refractivity contribution >= 4 is 22.8 Å². The van der Waals surface area contributed by atoms with Gasteiger partial charge in [-0.1, -0.05) is 25.1 Å². The van der Waals surface area contributed by atoms with Gasteiger partial charge in [0, 0.05) is 30.0 Å². The molecule has 208 valence electrons. The van der Waals surface area contributed by atoms with Crippen molar-refractivity contribution in [1.29, 1.82) is 0 Å². The van der Waals surface area contributed by atoms with Crippen LogP contribution in [-0.2, 0) is 33.1 Å². The number of hydrogen-bond acceptors (Lipinski definition) is 8. The molecule has 1 aromatic carbocycles. The molecule has 5 N–H and O–H groups in total. The minimum absolute atomic E-state index is 0.0180. The van der Waals surface area contributed by atoms with Crippen LogP contribution in [0.25, 0.3) is 22.3 Å². The second-order valence-corrected chi connectivity index (χ2v) is 9.85. The van der Waals surface area contributed by atoms with Crippen molar-refractivity contribution in [2.24, 2.45) is 5.73 Å². The molecule has 10 nitrogen and oxygen atoms in total. The fourth-order valence-electron chi connectivity index (χ4n) is 4.95. The number of carbonyl (C=O) groups excluding carboxylic acids is 2.